The van der Waals surface area contributed by atoms with Crippen molar-refractivity contribution in [1.82, 2.24) is 14.3 Å². The molecule has 0 fully saturated rings. The van der Waals surface area contributed by atoms with Gasteiger partial charge in [-0.3, -0.25) is 0 Å². The molecule has 0 amide bonds. The molecule has 1 aromatic heterocycles. The maximum atomic E-state index is 5.93. The number of hydrogen-bond acceptors (Lipinski definition) is 4. The SMILES string of the molecule is COc1ccccc1Oc1nn(C)c(=S)n1-c1ccccc1. The van der Waals surface area contributed by atoms with Crippen molar-refractivity contribution in [3.05, 3.63) is 59.4 Å². The molecule has 22 heavy (non-hydrogen) atoms. The fourth-order valence-electron chi connectivity index (χ4n) is 2.11. The lowest BCUT2D eigenvalue weighted by molar-refractivity contribution is 0.363. The van der Waals surface area contributed by atoms with E-state index in [1.807, 2.05) is 54.6 Å². The van der Waals surface area contributed by atoms with Gasteiger partial charge in [0, 0.05) is 7.05 Å². The Morgan fingerprint density at radius 2 is 1.59 bits per heavy atom. The summed E-state index contributed by atoms with van der Waals surface area (Å²) in [6.45, 7) is 0. The van der Waals surface area contributed by atoms with E-state index in [0.717, 1.165) is 5.69 Å². The Kier molecular flexibility index (Phi) is 3.93. The third kappa shape index (κ3) is 2.60. The summed E-state index contributed by atoms with van der Waals surface area (Å²) >= 11 is 5.43. The fraction of sp³-hybridized carbons (Fsp3) is 0.125. The molecule has 0 spiro atoms. The summed E-state index contributed by atoms with van der Waals surface area (Å²) in [5, 5.41) is 4.35. The van der Waals surface area contributed by atoms with Crippen molar-refractivity contribution in [3.8, 4) is 23.2 Å². The van der Waals surface area contributed by atoms with Gasteiger partial charge in [0.15, 0.2) is 11.5 Å². The molecule has 3 aromatic rings. The second kappa shape index (κ2) is 6.03. The van der Waals surface area contributed by atoms with Crippen LogP contribution in [0.2, 0.25) is 0 Å². The van der Waals surface area contributed by atoms with Gasteiger partial charge >= 0.3 is 6.01 Å². The topological polar surface area (TPSA) is 41.2 Å². The molecule has 112 valence electrons. The van der Waals surface area contributed by atoms with Crippen LogP contribution < -0.4 is 9.47 Å². The van der Waals surface area contributed by atoms with E-state index in [9.17, 15) is 0 Å². The molecule has 0 aliphatic carbocycles. The first-order valence-electron chi connectivity index (χ1n) is 6.73. The van der Waals surface area contributed by atoms with Crippen LogP contribution >= 0.6 is 12.2 Å². The van der Waals surface area contributed by atoms with Crippen molar-refractivity contribution in [3.63, 3.8) is 0 Å². The lowest BCUT2D eigenvalue weighted by Gasteiger charge is -2.10. The fourth-order valence-corrected chi connectivity index (χ4v) is 2.33. The van der Waals surface area contributed by atoms with Crippen LogP contribution in [0.1, 0.15) is 0 Å². The van der Waals surface area contributed by atoms with Gasteiger partial charge in [-0.15, -0.1) is 5.10 Å². The van der Waals surface area contributed by atoms with Gasteiger partial charge in [0.05, 0.1) is 12.8 Å². The summed E-state index contributed by atoms with van der Waals surface area (Å²) in [5.41, 5.74) is 0.894. The minimum absolute atomic E-state index is 0.392. The van der Waals surface area contributed by atoms with E-state index in [4.69, 9.17) is 21.7 Å². The van der Waals surface area contributed by atoms with E-state index < -0.39 is 0 Å². The summed E-state index contributed by atoms with van der Waals surface area (Å²) in [6.07, 6.45) is 0. The monoisotopic (exact) mass is 313 g/mol. The molecular weight excluding hydrogens is 298 g/mol. The van der Waals surface area contributed by atoms with E-state index in [0.29, 0.717) is 22.3 Å². The van der Waals surface area contributed by atoms with Crippen LogP contribution in [0, 0.1) is 4.77 Å². The van der Waals surface area contributed by atoms with Gasteiger partial charge in [-0.2, -0.15) is 0 Å². The molecule has 2 aromatic carbocycles. The number of para-hydroxylation sites is 3. The zero-order valence-electron chi connectivity index (χ0n) is 12.3. The molecule has 0 N–H and O–H groups in total. The third-order valence-electron chi connectivity index (χ3n) is 3.18. The average Bonchev–Trinajstić information content (AvgIpc) is 2.83. The highest BCUT2D eigenvalue weighted by Gasteiger charge is 2.14. The standard InChI is InChI=1S/C16H15N3O2S/c1-18-16(22)19(12-8-4-3-5-9-12)15(17-18)21-14-11-7-6-10-13(14)20-2/h3-11H,1-2H3. The molecule has 0 radical (unpaired) electrons. The molecule has 0 unspecified atom stereocenters. The van der Waals surface area contributed by atoms with Crippen molar-refractivity contribution in [1.29, 1.82) is 0 Å². The van der Waals surface area contributed by atoms with E-state index in [2.05, 4.69) is 5.10 Å². The zero-order chi connectivity index (χ0) is 15.5. The van der Waals surface area contributed by atoms with Crippen LogP contribution in [0.4, 0.5) is 0 Å². The predicted octanol–water partition coefficient (Wildman–Crippen LogP) is 3.74. The Bertz CT molecular complexity index is 840. The molecule has 6 heteroatoms. The van der Waals surface area contributed by atoms with E-state index >= 15 is 0 Å². The van der Waals surface area contributed by atoms with E-state index in [1.165, 1.54) is 0 Å². The first kappa shape index (κ1) is 14.3. The lowest BCUT2D eigenvalue weighted by atomic mass is 10.3. The van der Waals surface area contributed by atoms with Crippen LogP contribution in [-0.4, -0.2) is 21.5 Å². The first-order valence-corrected chi connectivity index (χ1v) is 7.14. The number of aryl methyl sites for hydroxylation is 1. The highest BCUT2D eigenvalue weighted by Crippen LogP contribution is 2.31. The van der Waals surface area contributed by atoms with Crippen LogP contribution in [0.15, 0.2) is 54.6 Å². The number of hydrogen-bond donors (Lipinski definition) is 0. The summed E-state index contributed by atoms with van der Waals surface area (Å²) in [6, 6.07) is 17.5. The third-order valence-corrected chi connectivity index (χ3v) is 3.63. The molecule has 3 rings (SSSR count). The largest absolute Gasteiger partial charge is 0.493 e. The Hall–Kier alpha value is -2.60. The van der Waals surface area contributed by atoms with Gasteiger partial charge in [-0.05, 0) is 36.5 Å². The highest BCUT2D eigenvalue weighted by molar-refractivity contribution is 7.71. The Balaban J connectivity index is 2.09. The van der Waals surface area contributed by atoms with Crippen LogP contribution in [-0.2, 0) is 7.05 Å². The van der Waals surface area contributed by atoms with Crippen molar-refractivity contribution in [2.45, 2.75) is 0 Å². The lowest BCUT2D eigenvalue weighted by Crippen LogP contribution is -1.99. The average molecular weight is 313 g/mol. The quantitative estimate of drug-likeness (QED) is 0.688. The van der Waals surface area contributed by atoms with Gasteiger partial charge < -0.3 is 9.47 Å². The van der Waals surface area contributed by atoms with Gasteiger partial charge in [0.1, 0.15) is 0 Å². The number of methoxy groups -OCH3 is 1. The zero-order valence-corrected chi connectivity index (χ0v) is 13.1. The normalized spacial score (nSPS) is 10.5. The van der Waals surface area contributed by atoms with Crippen LogP contribution in [0.5, 0.6) is 17.5 Å². The minimum Gasteiger partial charge on any atom is -0.493 e. The number of nitrogens with zero attached hydrogens (tertiary/aromatic N) is 3. The molecular formula is C16H15N3O2S. The summed E-state index contributed by atoms with van der Waals surface area (Å²) < 4.78 is 15.2. The minimum atomic E-state index is 0.392. The Labute approximate surface area is 133 Å². The second-order valence-corrected chi connectivity index (χ2v) is 4.98. The number of benzene rings is 2. The molecule has 0 saturated heterocycles. The Morgan fingerprint density at radius 3 is 2.27 bits per heavy atom. The van der Waals surface area contributed by atoms with Gasteiger partial charge in [0.2, 0.25) is 4.77 Å². The van der Waals surface area contributed by atoms with Gasteiger partial charge in [-0.1, -0.05) is 30.3 Å². The predicted molar refractivity (Wildman–Crippen MR) is 86.4 cm³/mol. The summed E-state index contributed by atoms with van der Waals surface area (Å²) in [7, 11) is 3.39. The first-order chi connectivity index (χ1) is 10.7. The maximum Gasteiger partial charge on any atom is 0.326 e. The van der Waals surface area contributed by atoms with Crippen molar-refractivity contribution < 1.29 is 9.47 Å². The molecule has 5 nitrogen and oxygen atoms in total. The van der Waals surface area contributed by atoms with E-state index in [-0.39, 0.29) is 0 Å². The number of rotatable bonds is 4. The molecule has 1 heterocycles. The van der Waals surface area contributed by atoms with Crippen LogP contribution in [0.25, 0.3) is 5.69 Å². The smallest absolute Gasteiger partial charge is 0.326 e. The number of aromatic nitrogens is 3. The van der Waals surface area contributed by atoms with E-state index in [1.54, 1.807) is 23.4 Å². The maximum absolute atomic E-state index is 5.93. The Morgan fingerprint density at radius 1 is 0.955 bits per heavy atom. The van der Waals surface area contributed by atoms with Crippen molar-refractivity contribution in [2.24, 2.45) is 7.05 Å². The molecule has 0 saturated carbocycles. The molecule has 0 atom stereocenters. The summed E-state index contributed by atoms with van der Waals surface area (Å²) in [5.74, 6) is 1.22. The summed E-state index contributed by atoms with van der Waals surface area (Å²) in [4.78, 5) is 0. The number of ether oxygens (including phenoxy) is 2. The molecule has 0 aliphatic rings. The van der Waals surface area contributed by atoms with Crippen LogP contribution in [0.3, 0.4) is 0 Å². The molecule has 0 bridgehead atoms. The second-order valence-electron chi connectivity index (χ2n) is 4.61. The molecule has 0 aliphatic heterocycles. The highest BCUT2D eigenvalue weighted by atomic mass is 32.1. The van der Waals surface area contributed by atoms with Gasteiger partial charge in [0.25, 0.3) is 0 Å². The van der Waals surface area contributed by atoms with Crippen molar-refractivity contribution >= 4 is 12.2 Å². The van der Waals surface area contributed by atoms with Gasteiger partial charge in [-0.25, -0.2) is 9.25 Å². The van der Waals surface area contributed by atoms with Crippen molar-refractivity contribution in [2.75, 3.05) is 7.11 Å².